The highest BCUT2D eigenvalue weighted by molar-refractivity contribution is 4.89. The lowest BCUT2D eigenvalue weighted by Crippen LogP contribution is -2.37. The van der Waals surface area contributed by atoms with E-state index in [1.807, 2.05) is 0 Å². The maximum Gasteiger partial charge on any atom is -0.0246 e. The summed E-state index contributed by atoms with van der Waals surface area (Å²) in [5.41, 5.74) is 0.619. The van der Waals surface area contributed by atoms with Crippen molar-refractivity contribution in [1.82, 2.24) is 0 Å². The van der Waals surface area contributed by atoms with Crippen LogP contribution in [0.4, 0.5) is 0 Å². The maximum atomic E-state index is 2.56. The van der Waals surface area contributed by atoms with Gasteiger partial charge in [-0.15, -0.1) is 0 Å². The number of unbranched alkanes of at least 4 members (excludes halogenated alkanes) is 3. The molecule has 0 radical (unpaired) electrons. The summed E-state index contributed by atoms with van der Waals surface area (Å²) < 4.78 is 0. The Labute approximate surface area is 136 Å². The van der Waals surface area contributed by atoms with Crippen molar-refractivity contribution in [1.29, 1.82) is 0 Å². The zero-order valence-corrected chi connectivity index (χ0v) is 16.1. The minimum absolute atomic E-state index is 0.619. The average molecular weight is 297 g/mol. The molecule has 3 unspecified atom stereocenters. The molecule has 0 aliphatic heterocycles. The zero-order chi connectivity index (χ0) is 16.1. The van der Waals surface area contributed by atoms with Crippen molar-refractivity contribution in [2.24, 2.45) is 17.3 Å². The Morgan fingerprint density at radius 2 is 1.29 bits per heavy atom. The minimum Gasteiger partial charge on any atom is -0.0654 e. The lowest BCUT2D eigenvalue weighted by atomic mass is 9.59. The van der Waals surface area contributed by atoms with Crippen LogP contribution in [-0.2, 0) is 0 Å². The van der Waals surface area contributed by atoms with Gasteiger partial charge in [0.15, 0.2) is 0 Å². The normalized spacial score (nSPS) is 17.4. The van der Waals surface area contributed by atoms with Gasteiger partial charge in [0, 0.05) is 0 Å². The van der Waals surface area contributed by atoms with Crippen LogP contribution in [0.1, 0.15) is 119 Å². The summed E-state index contributed by atoms with van der Waals surface area (Å²) in [4.78, 5) is 0. The van der Waals surface area contributed by atoms with Crippen LogP contribution in [0.25, 0.3) is 0 Å². The Morgan fingerprint density at radius 1 is 0.667 bits per heavy atom. The van der Waals surface area contributed by atoms with E-state index in [4.69, 9.17) is 0 Å². The predicted octanol–water partition coefficient (Wildman–Crippen LogP) is 8.01. The van der Waals surface area contributed by atoms with E-state index in [9.17, 15) is 0 Å². The predicted molar refractivity (Wildman–Crippen MR) is 98.9 cm³/mol. The second kappa shape index (κ2) is 12.5. The van der Waals surface area contributed by atoms with Crippen molar-refractivity contribution >= 4 is 0 Å². The summed E-state index contributed by atoms with van der Waals surface area (Å²) in [7, 11) is 0. The third-order valence-corrected chi connectivity index (χ3v) is 5.95. The molecule has 0 spiro atoms. The monoisotopic (exact) mass is 296 g/mol. The first kappa shape index (κ1) is 21.0. The molecule has 0 aromatic heterocycles. The van der Waals surface area contributed by atoms with Gasteiger partial charge in [-0.05, 0) is 42.9 Å². The smallest absolute Gasteiger partial charge is 0.0246 e. The molecular weight excluding hydrogens is 252 g/mol. The summed E-state index contributed by atoms with van der Waals surface area (Å²) in [5, 5.41) is 0. The van der Waals surface area contributed by atoms with Gasteiger partial charge < -0.3 is 0 Å². The zero-order valence-electron chi connectivity index (χ0n) is 16.1. The van der Waals surface area contributed by atoms with Crippen LogP contribution in [0.5, 0.6) is 0 Å². The molecule has 0 nitrogen and oxygen atoms in total. The van der Waals surface area contributed by atoms with Gasteiger partial charge >= 0.3 is 0 Å². The Morgan fingerprint density at radius 3 is 1.76 bits per heavy atom. The van der Waals surface area contributed by atoms with Crippen molar-refractivity contribution in [3.63, 3.8) is 0 Å². The van der Waals surface area contributed by atoms with E-state index in [1.165, 1.54) is 77.0 Å². The van der Waals surface area contributed by atoms with E-state index in [2.05, 4.69) is 41.5 Å². The van der Waals surface area contributed by atoms with Crippen LogP contribution in [0, 0.1) is 17.3 Å². The van der Waals surface area contributed by atoms with Gasteiger partial charge in [0.25, 0.3) is 0 Å². The molecule has 21 heavy (non-hydrogen) atoms. The highest BCUT2D eigenvalue weighted by Gasteiger charge is 2.39. The molecule has 0 aliphatic rings. The molecule has 0 amide bonds. The topological polar surface area (TPSA) is 0 Å². The van der Waals surface area contributed by atoms with Crippen LogP contribution in [-0.4, -0.2) is 0 Å². The highest BCUT2D eigenvalue weighted by Crippen LogP contribution is 2.49. The number of hydrogen-bond acceptors (Lipinski definition) is 0. The third kappa shape index (κ3) is 6.74. The first-order valence-corrected chi connectivity index (χ1v) is 10.1. The number of rotatable bonds is 14. The van der Waals surface area contributed by atoms with Gasteiger partial charge in [-0.1, -0.05) is 92.9 Å². The van der Waals surface area contributed by atoms with E-state index in [1.54, 1.807) is 0 Å². The van der Waals surface area contributed by atoms with Crippen molar-refractivity contribution < 1.29 is 0 Å². The molecule has 0 bridgehead atoms. The molecule has 0 saturated heterocycles. The molecular formula is C21H44. The molecule has 0 heterocycles. The maximum absolute atomic E-state index is 2.56. The second-order valence-corrected chi connectivity index (χ2v) is 7.36. The van der Waals surface area contributed by atoms with Gasteiger partial charge in [-0.25, -0.2) is 0 Å². The fourth-order valence-corrected chi connectivity index (χ4v) is 4.66. The fourth-order valence-electron chi connectivity index (χ4n) is 4.66. The van der Waals surface area contributed by atoms with Crippen LogP contribution in [0.3, 0.4) is 0 Å². The molecule has 0 N–H and O–H groups in total. The lowest BCUT2D eigenvalue weighted by molar-refractivity contribution is 0.0401. The van der Waals surface area contributed by atoms with Crippen molar-refractivity contribution in [2.75, 3.05) is 0 Å². The quantitative estimate of drug-likeness (QED) is 0.285. The highest BCUT2D eigenvalue weighted by atomic mass is 14.4. The molecule has 0 fully saturated rings. The fraction of sp³-hybridized carbons (Fsp3) is 1.00. The number of hydrogen-bond donors (Lipinski definition) is 0. The summed E-state index contributed by atoms with van der Waals surface area (Å²) in [6, 6.07) is 0. The standard InChI is InChI=1S/C21H44/c1-7-12-14-17-20(16-13-8-2)21(11-5,18-10-4)19(6)15-9-3/h19-20H,7-18H2,1-6H3. The second-order valence-electron chi connectivity index (χ2n) is 7.36. The Bertz CT molecular complexity index is 220. The van der Waals surface area contributed by atoms with Gasteiger partial charge in [0.1, 0.15) is 0 Å². The van der Waals surface area contributed by atoms with E-state index < -0.39 is 0 Å². The molecule has 0 aliphatic carbocycles. The molecule has 0 heteroatoms. The summed E-state index contributed by atoms with van der Waals surface area (Å²) in [5.74, 6) is 1.87. The molecule has 0 rings (SSSR count). The third-order valence-electron chi connectivity index (χ3n) is 5.95. The van der Waals surface area contributed by atoms with Gasteiger partial charge in [0.2, 0.25) is 0 Å². The Balaban J connectivity index is 5.10. The molecule has 0 aromatic rings. The van der Waals surface area contributed by atoms with E-state index in [-0.39, 0.29) is 0 Å². The average Bonchev–Trinajstić information content (AvgIpc) is 2.49. The summed E-state index contributed by atoms with van der Waals surface area (Å²) in [6.45, 7) is 14.5. The Kier molecular flexibility index (Phi) is 12.5. The van der Waals surface area contributed by atoms with Crippen LogP contribution in [0.15, 0.2) is 0 Å². The summed E-state index contributed by atoms with van der Waals surface area (Å²) in [6.07, 6.45) is 17.0. The molecule has 0 saturated carbocycles. The lowest BCUT2D eigenvalue weighted by Gasteiger charge is -2.46. The molecule has 128 valence electrons. The van der Waals surface area contributed by atoms with Crippen LogP contribution >= 0.6 is 0 Å². The Hall–Kier alpha value is 0. The molecule has 0 aromatic carbocycles. The van der Waals surface area contributed by atoms with Gasteiger partial charge in [-0.2, -0.15) is 0 Å². The molecule has 3 atom stereocenters. The first-order chi connectivity index (χ1) is 10.1. The van der Waals surface area contributed by atoms with Gasteiger partial charge in [-0.3, -0.25) is 0 Å². The minimum atomic E-state index is 0.619. The van der Waals surface area contributed by atoms with E-state index >= 15 is 0 Å². The van der Waals surface area contributed by atoms with E-state index in [0.29, 0.717) is 5.41 Å². The van der Waals surface area contributed by atoms with Crippen molar-refractivity contribution in [3.8, 4) is 0 Å². The van der Waals surface area contributed by atoms with Crippen LogP contribution < -0.4 is 0 Å². The van der Waals surface area contributed by atoms with Crippen LogP contribution in [0.2, 0.25) is 0 Å². The first-order valence-electron chi connectivity index (χ1n) is 10.1. The SMILES string of the molecule is CCCCCC(CCCC)C(CC)(CCC)C(C)CCC. The largest absolute Gasteiger partial charge is 0.0654 e. The van der Waals surface area contributed by atoms with Crippen molar-refractivity contribution in [3.05, 3.63) is 0 Å². The van der Waals surface area contributed by atoms with E-state index in [0.717, 1.165) is 11.8 Å². The van der Waals surface area contributed by atoms with Gasteiger partial charge in [0.05, 0.1) is 0 Å². The summed E-state index contributed by atoms with van der Waals surface area (Å²) >= 11 is 0. The van der Waals surface area contributed by atoms with Crippen molar-refractivity contribution in [2.45, 2.75) is 119 Å².